The first-order valence-electron chi connectivity index (χ1n) is 7.48. The van der Waals surface area contributed by atoms with Gasteiger partial charge < -0.3 is 0 Å². The van der Waals surface area contributed by atoms with E-state index in [1.807, 2.05) is 13.8 Å². The summed E-state index contributed by atoms with van der Waals surface area (Å²) in [6, 6.07) is 4.22. The fraction of sp³-hybridized carbons (Fsp3) is 0.471. The van der Waals surface area contributed by atoms with E-state index in [0.717, 1.165) is 31.5 Å². The molecule has 2 aromatic heterocycles. The molecular weight excluding hydrogens is 444 g/mol. The van der Waals surface area contributed by atoms with Crippen molar-refractivity contribution < 1.29 is 4.79 Å². The summed E-state index contributed by atoms with van der Waals surface area (Å²) in [6.45, 7) is 8.34. The van der Waals surface area contributed by atoms with Crippen LogP contribution in [-0.4, -0.2) is 5.78 Å². The van der Waals surface area contributed by atoms with Crippen molar-refractivity contribution >= 4 is 60.3 Å². The lowest BCUT2D eigenvalue weighted by Crippen LogP contribution is -2.14. The fourth-order valence-corrected chi connectivity index (χ4v) is 6.37. The molecule has 22 heavy (non-hydrogen) atoms. The minimum Gasteiger partial charge on any atom is -0.298 e. The molecule has 2 heterocycles. The van der Waals surface area contributed by atoms with E-state index in [2.05, 4.69) is 57.8 Å². The van der Waals surface area contributed by atoms with Crippen molar-refractivity contribution in [1.82, 2.24) is 0 Å². The van der Waals surface area contributed by atoms with E-state index < -0.39 is 0 Å². The molecule has 0 N–H and O–H groups in total. The van der Waals surface area contributed by atoms with E-state index >= 15 is 0 Å². The van der Waals surface area contributed by atoms with Crippen molar-refractivity contribution in [3.05, 3.63) is 40.6 Å². The lowest BCUT2D eigenvalue weighted by atomic mass is 9.93. The molecule has 0 aromatic carbocycles. The van der Waals surface area contributed by atoms with Gasteiger partial charge in [0.05, 0.1) is 0 Å². The first-order valence-corrected chi connectivity index (χ1v) is 10.7. The molecule has 0 saturated heterocycles. The second-order valence-electron chi connectivity index (χ2n) is 5.39. The number of Topliss-reactive ketones (excluding diaryl/α,β-unsaturated/α-hetero) is 1. The van der Waals surface area contributed by atoms with Crippen molar-refractivity contribution in [1.29, 1.82) is 0 Å². The van der Waals surface area contributed by atoms with Crippen molar-refractivity contribution in [3.8, 4) is 0 Å². The largest absolute Gasteiger partial charge is 0.298 e. The van der Waals surface area contributed by atoms with E-state index in [9.17, 15) is 4.79 Å². The Morgan fingerprint density at radius 2 is 1.32 bits per heavy atom. The summed E-state index contributed by atoms with van der Waals surface area (Å²) in [6.07, 6.45) is 2.00. The smallest absolute Gasteiger partial charge is 0.148 e. The monoisotopic (exact) mass is 462 g/mol. The highest BCUT2D eigenvalue weighted by Gasteiger charge is 2.26. The van der Waals surface area contributed by atoms with Gasteiger partial charge in [0.1, 0.15) is 5.78 Å². The molecule has 0 amide bonds. The number of ketones is 1. The molecule has 0 fully saturated rings. The second kappa shape index (κ2) is 7.73. The number of rotatable bonds is 6. The van der Waals surface area contributed by atoms with Gasteiger partial charge in [0.15, 0.2) is 0 Å². The lowest BCUT2D eigenvalue weighted by molar-refractivity contribution is -0.121. The minimum absolute atomic E-state index is 0.0532. The number of hydrogen-bond acceptors (Lipinski definition) is 3. The Balaban J connectivity index is 2.21. The average Bonchev–Trinajstić information content (AvgIpc) is 3.07. The van der Waals surface area contributed by atoms with Crippen LogP contribution in [0.4, 0.5) is 0 Å². The van der Waals surface area contributed by atoms with Crippen LogP contribution >= 0.6 is 54.5 Å². The van der Waals surface area contributed by atoms with Crippen molar-refractivity contribution in [2.24, 2.45) is 0 Å². The van der Waals surface area contributed by atoms with Gasteiger partial charge in [0, 0.05) is 40.3 Å². The third kappa shape index (κ3) is 3.74. The van der Waals surface area contributed by atoms with Gasteiger partial charge in [-0.25, -0.2) is 0 Å². The molecule has 2 unspecified atom stereocenters. The molecule has 0 aliphatic heterocycles. The maximum atomic E-state index is 12.8. The molecule has 0 radical (unpaired) electrons. The molecule has 2 atom stereocenters. The molecule has 0 aliphatic rings. The van der Waals surface area contributed by atoms with Gasteiger partial charge in [0.2, 0.25) is 0 Å². The molecular formula is C17H20Br2OS2. The van der Waals surface area contributed by atoms with Gasteiger partial charge in [-0.1, -0.05) is 27.7 Å². The Kier molecular flexibility index (Phi) is 6.46. The summed E-state index contributed by atoms with van der Waals surface area (Å²) in [5.74, 6) is 0.193. The zero-order chi connectivity index (χ0) is 16.4. The zero-order valence-corrected chi connectivity index (χ0v) is 18.0. The van der Waals surface area contributed by atoms with Crippen LogP contribution in [0, 0.1) is 0 Å². The van der Waals surface area contributed by atoms with Gasteiger partial charge in [-0.2, -0.15) is 0 Å². The van der Waals surface area contributed by atoms with Crippen molar-refractivity contribution in [2.45, 2.75) is 52.4 Å². The Labute approximate surface area is 157 Å². The number of hydrogen-bond donors (Lipinski definition) is 0. The number of halogens is 2. The maximum absolute atomic E-state index is 12.8. The van der Waals surface area contributed by atoms with Crippen LogP contribution in [0.2, 0.25) is 0 Å². The standard InChI is InChI=1S/C17H20Br2OS2/c1-5-13-11(18)7-15(21-13)9(3)17(20)10(4)16-8-12(19)14(6-2)22-16/h7-10H,5-6H2,1-4H3. The van der Waals surface area contributed by atoms with E-state index in [1.165, 1.54) is 9.75 Å². The van der Waals surface area contributed by atoms with Crippen LogP contribution in [0.5, 0.6) is 0 Å². The van der Waals surface area contributed by atoms with Crippen LogP contribution in [0.25, 0.3) is 0 Å². The SMILES string of the molecule is CCc1sc(C(C)C(=O)C(C)c2cc(Br)c(CC)s2)cc1Br. The molecule has 5 heteroatoms. The topological polar surface area (TPSA) is 17.1 Å². The Morgan fingerprint density at radius 3 is 1.59 bits per heavy atom. The molecule has 2 aromatic rings. The van der Waals surface area contributed by atoms with Gasteiger partial charge in [-0.05, 0) is 56.8 Å². The predicted molar refractivity (Wildman–Crippen MR) is 105 cm³/mol. The van der Waals surface area contributed by atoms with Crippen molar-refractivity contribution in [2.75, 3.05) is 0 Å². The zero-order valence-electron chi connectivity index (χ0n) is 13.2. The third-order valence-corrected chi connectivity index (χ3v) is 8.77. The first kappa shape index (κ1) is 18.4. The number of carbonyl (C=O) groups is 1. The van der Waals surface area contributed by atoms with Gasteiger partial charge >= 0.3 is 0 Å². The molecule has 0 spiro atoms. The second-order valence-corrected chi connectivity index (χ2v) is 9.44. The molecule has 0 aliphatic carbocycles. The normalized spacial score (nSPS) is 14.1. The lowest BCUT2D eigenvalue weighted by Gasteiger charge is -2.14. The maximum Gasteiger partial charge on any atom is 0.148 e. The fourth-order valence-electron chi connectivity index (χ4n) is 2.42. The highest BCUT2D eigenvalue weighted by atomic mass is 79.9. The highest BCUT2D eigenvalue weighted by Crippen LogP contribution is 2.38. The Hall–Kier alpha value is 0.0300. The predicted octanol–water partition coefficient (Wildman–Crippen LogP) is 6.94. The van der Waals surface area contributed by atoms with Gasteiger partial charge in [-0.3, -0.25) is 4.79 Å². The summed E-state index contributed by atoms with van der Waals surface area (Å²) < 4.78 is 2.27. The number of carbonyl (C=O) groups excluding carboxylic acids is 1. The quantitative estimate of drug-likeness (QED) is 0.453. The summed E-state index contributed by atoms with van der Waals surface area (Å²) in [7, 11) is 0. The van der Waals surface area contributed by atoms with E-state index in [4.69, 9.17) is 0 Å². The minimum atomic E-state index is -0.0532. The summed E-state index contributed by atoms with van der Waals surface area (Å²) in [4.78, 5) is 17.8. The highest BCUT2D eigenvalue weighted by molar-refractivity contribution is 9.10. The van der Waals surface area contributed by atoms with Crippen LogP contribution in [-0.2, 0) is 17.6 Å². The molecule has 2 rings (SSSR count). The summed E-state index contributed by atoms with van der Waals surface area (Å²) >= 11 is 10.7. The first-order chi connectivity index (χ1) is 10.4. The van der Waals surface area contributed by atoms with E-state index in [-0.39, 0.29) is 11.8 Å². The molecule has 0 saturated carbocycles. The van der Waals surface area contributed by atoms with E-state index in [1.54, 1.807) is 22.7 Å². The summed E-state index contributed by atoms with van der Waals surface area (Å²) in [5.41, 5.74) is 0. The molecule has 120 valence electrons. The van der Waals surface area contributed by atoms with Gasteiger partial charge in [-0.15, -0.1) is 22.7 Å². The van der Waals surface area contributed by atoms with Gasteiger partial charge in [0.25, 0.3) is 0 Å². The average molecular weight is 464 g/mol. The van der Waals surface area contributed by atoms with E-state index in [0.29, 0.717) is 5.78 Å². The number of aryl methyl sites for hydroxylation is 2. The van der Waals surface area contributed by atoms with Crippen LogP contribution in [0.1, 0.15) is 59.0 Å². The Bertz CT molecular complexity index is 616. The third-order valence-electron chi connectivity index (χ3n) is 3.90. The van der Waals surface area contributed by atoms with Crippen LogP contribution < -0.4 is 0 Å². The molecule has 0 bridgehead atoms. The van der Waals surface area contributed by atoms with Crippen molar-refractivity contribution in [3.63, 3.8) is 0 Å². The molecule has 1 nitrogen and oxygen atoms in total. The van der Waals surface area contributed by atoms with Crippen LogP contribution in [0.3, 0.4) is 0 Å². The summed E-state index contributed by atoms with van der Waals surface area (Å²) in [5, 5.41) is 0. The Morgan fingerprint density at radius 1 is 0.955 bits per heavy atom. The number of thiophene rings is 2. The van der Waals surface area contributed by atoms with Crippen LogP contribution in [0.15, 0.2) is 21.1 Å².